The lowest BCUT2D eigenvalue weighted by atomic mass is 9.92. The maximum absolute atomic E-state index is 12.5. The van der Waals surface area contributed by atoms with Crippen molar-refractivity contribution < 1.29 is 0 Å². The van der Waals surface area contributed by atoms with E-state index in [1.807, 2.05) is 16.8 Å². The Morgan fingerprint density at radius 2 is 1.93 bits per heavy atom. The van der Waals surface area contributed by atoms with E-state index in [0.717, 1.165) is 49.5 Å². The SMILES string of the molecule is CC(C)(C)c1cc(=O)n(CC2CCN(c3nccn4nccc34)CC2)cn1. The highest BCUT2D eigenvalue weighted by molar-refractivity contribution is 5.68. The number of fused-ring (bicyclic) bond motifs is 1. The van der Waals surface area contributed by atoms with Crippen molar-refractivity contribution >= 4 is 11.3 Å². The number of aromatic nitrogens is 5. The molecule has 0 amide bonds. The number of piperidine rings is 1. The van der Waals surface area contributed by atoms with Gasteiger partial charge in [-0.25, -0.2) is 14.5 Å². The molecule has 4 rings (SSSR count). The minimum atomic E-state index is -0.106. The van der Waals surface area contributed by atoms with Crippen LogP contribution in [0, 0.1) is 5.92 Å². The Hall–Kier alpha value is -2.70. The summed E-state index contributed by atoms with van der Waals surface area (Å²) in [5, 5.41) is 4.28. The Morgan fingerprint density at radius 3 is 2.63 bits per heavy atom. The Morgan fingerprint density at radius 1 is 1.15 bits per heavy atom. The Bertz CT molecular complexity index is 991. The maximum atomic E-state index is 12.5. The average Bonchev–Trinajstić information content (AvgIpc) is 3.12. The molecule has 3 aromatic rings. The molecule has 0 bridgehead atoms. The average molecular weight is 366 g/mol. The molecule has 0 radical (unpaired) electrons. The number of hydrogen-bond donors (Lipinski definition) is 0. The summed E-state index contributed by atoms with van der Waals surface area (Å²) in [6, 6.07) is 3.68. The van der Waals surface area contributed by atoms with E-state index in [-0.39, 0.29) is 11.0 Å². The van der Waals surface area contributed by atoms with Crippen molar-refractivity contribution in [1.82, 2.24) is 24.1 Å². The van der Waals surface area contributed by atoms with E-state index >= 15 is 0 Å². The fourth-order valence-corrected chi connectivity index (χ4v) is 3.67. The summed E-state index contributed by atoms with van der Waals surface area (Å²) in [7, 11) is 0. The minimum Gasteiger partial charge on any atom is -0.355 e. The maximum Gasteiger partial charge on any atom is 0.253 e. The zero-order chi connectivity index (χ0) is 19.0. The smallest absolute Gasteiger partial charge is 0.253 e. The van der Waals surface area contributed by atoms with Gasteiger partial charge in [0.05, 0.1) is 18.2 Å². The van der Waals surface area contributed by atoms with Crippen LogP contribution < -0.4 is 10.5 Å². The van der Waals surface area contributed by atoms with Crippen molar-refractivity contribution in [2.45, 2.75) is 45.6 Å². The highest BCUT2D eigenvalue weighted by Crippen LogP contribution is 2.25. The highest BCUT2D eigenvalue weighted by Gasteiger charge is 2.23. The first-order valence-corrected chi connectivity index (χ1v) is 9.52. The second-order valence-electron chi connectivity index (χ2n) is 8.36. The van der Waals surface area contributed by atoms with Crippen molar-refractivity contribution in [3.8, 4) is 0 Å². The standard InChI is InChI=1S/C20H26N6O/c1-20(2,3)17-12-18(27)25(14-22-17)13-15-5-9-24(10-6-15)19-16-4-7-23-26(16)11-8-21-19/h4,7-8,11-12,14-15H,5-6,9-10,13H2,1-3H3. The van der Waals surface area contributed by atoms with Crippen molar-refractivity contribution in [1.29, 1.82) is 0 Å². The summed E-state index contributed by atoms with van der Waals surface area (Å²) in [5.41, 5.74) is 1.82. The van der Waals surface area contributed by atoms with E-state index < -0.39 is 0 Å². The molecule has 0 aliphatic carbocycles. The minimum absolute atomic E-state index is 0.0445. The molecule has 0 aromatic carbocycles. The largest absolute Gasteiger partial charge is 0.355 e. The van der Waals surface area contributed by atoms with E-state index in [1.54, 1.807) is 29.4 Å². The molecule has 0 unspecified atom stereocenters. The fourth-order valence-electron chi connectivity index (χ4n) is 3.67. The molecular formula is C20H26N6O. The van der Waals surface area contributed by atoms with Crippen LogP contribution in [0.25, 0.3) is 5.52 Å². The van der Waals surface area contributed by atoms with Crippen LogP contribution in [0.5, 0.6) is 0 Å². The van der Waals surface area contributed by atoms with E-state index in [4.69, 9.17) is 0 Å². The molecule has 0 N–H and O–H groups in total. The summed E-state index contributed by atoms with van der Waals surface area (Å²) < 4.78 is 3.61. The topological polar surface area (TPSA) is 68.3 Å². The van der Waals surface area contributed by atoms with Gasteiger partial charge in [-0.2, -0.15) is 5.10 Å². The lowest BCUT2D eigenvalue weighted by Crippen LogP contribution is -2.37. The second kappa shape index (κ2) is 6.79. The number of nitrogens with zero attached hydrogens (tertiary/aromatic N) is 6. The molecule has 3 aromatic heterocycles. The van der Waals surface area contributed by atoms with Gasteiger partial charge in [-0.05, 0) is 24.8 Å². The van der Waals surface area contributed by atoms with Crippen LogP contribution in [-0.4, -0.2) is 37.2 Å². The van der Waals surface area contributed by atoms with Gasteiger partial charge in [0.2, 0.25) is 0 Å². The third-order valence-electron chi connectivity index (χ3n) is 5.32. The van der Waals surface area contributed by atoms with Gasteiger partial charge in [-0.3, -0.25) is 9.36 Å². The van der Waals surface area contributed by atoms with Crippen molar-refractivity contribution in [2.24, 2.45) is 5.92 Å². The quantitative estimate of drug-likeness (QED) is 0.712. The molecule has 0 atom stereocenters. The van der Waals surface area contributed by atoms with Gasteiger partial charge in [0.1, 0.15) is 5.52 Å². The van der Waals surface area contributed by atoms with Gasteiger partial charge >= 0.3 is 0 Å². The Kier molecular flexibility index (Phi) is 4.45. The van der Waals surface area contributed by atoms with Crippen LogP contribution in [0.1, 0.15) is 39.3 Å². The van der Waals surface area contributed by atoms with Crippen LogP contribution in [-0.2, 0) is 12.0 Å². The fraction of sp³-hybridized carbons (Fsp3) is 0.500. The van der Waals surface area contributed by atoms with Gasteiger partial charge in [0, 0.05) is 43.5 Å². The molecule has 1 aliphatic rings. The Labute approximate surface area is 158 Å². The monoisotopic (exact) mass is 366 g/mol. The van der Waals surface area contributed by atoms with E-state index in [9.17, 15) is 4.79 Å². The number of hydrogen-bond acceptors (Lipinski definition) is 5. The molecular weight excluding hydrogens is 340 g/mol. The van der Waals surface area contributed by atoms with Crippen LogP contribution in [0.3, 0.4) is 0 Å². The Balaban J connectivity index is 1.43. The summed E-state index contributed by atoms with van der Waals surface area (Å²) in [5.74, 6) is 1.47. The van der Waals surface area contributed by atoms with Crippen LogP contribution in [0.2, 0.25) is 0 Å². The number of rotatable bonds is 3. The molecule has 0 saturated carbocycles. The first-order valence-electron chi connectivity index (χ1n) is 9.52. The summed E-state index contributed by atoms with van der Waals surface area (Å²) in [6.45, 7) is 8.82. The molecule has 7 nitrogen and oxygen atoms in total. The number of anilines is 1. The van der Waals surface area contributed by atoms with Crippen LogP contribution in [0.4, 0.5) is 5.82 Å². The summed E-state index contributed by atoms with van der Waals surface area (Å²) in [4.78, 5) is 23.8. The molecule has 4 heterocycles. The van der Waals surface area contributed by atoms with Gasteiger partial charge in [0.25, 0.3) is 5.56 Å². The lowest BCUT2D eigenvalue weighted by molar-refractivity contribution is 0.349. The van der Waals surface area contributed by atoms with E-state index in [2.05, 4.69) is 40.7 Å². The lowest BCUT2D eigenvalue weighted by Gasteiger charge is -2.33. The first-order chi connectivity index (χ1) is 12.9. The summed E-state index contributed by atoms with van der Waals surface area (Å²) >= 11 is 0. The zero-order valence-corrected chi connectivity index (χ0v) is 16.2. The van der Waals surface area contributed by atoms with Crippen molar-refractivity contribution in [2.75, 3.05) is 18.0 Å². The van der Waals surface area contributed by atoms with Gasteiger partial charge < -0.3 is 4.90 Å². The predicted molar refractivity (Wildman–Crippen MR) is 105 cm³/mol. The molecule has 142 valence electrons. The normalized spacial score (nSPS) is 16.2. The molecule has 0 spiro atoms. The van der Waals surface area contributed by atoms with Gasteiger partial charge in [-0.15, -0.1) is 0 Å². The predicted octanol–water partition coefficient (Wildman–Crippen LogP) is 2.50. The summed E-state index contributed by atoms with van der Waals surface area (Å²) in [6.07, 6.45) is 9.24. The van der Waals surface area contributed by atoms with Crippen molar-refractivity contribution in [3.63, 3.8) is 0 Å². The van der Waals surface area contributed by atoms with E-state index in [0.29, 0.717) is 5.92 Å². The third kappa shape index (κ3) is 3.59. The molecule has 1 aliphatic heterocycles. The van der Waals surface area contributed by atoms with Gasteiger partial charge in [0.15, 0.2) is 5.82 Å². The molecule has 1 fully saturated rings. The molecule has 7 heteroatoms. The molecule has 1 saturated heterocycles. The highest BCUT2D eigenvalue weighted by atomic mass is 16.1. The van der Waals surface area contributed by atoms with E-state index in [1.165, 1.54) is 0 Å². The molecule has 27 heavy (non-hydrogen) atoms. The van der Waals surface area contributed by atoms with Crippen LogP contribution in [0.15, 0.2) is 41.8 Å². The first kappa shape index (κ1) is 17.7. The van der Waals surface area contributed by atoms with Crippen LogP contribution >= 0.6 is 0 Å². The third-order valence-corrected chi connectivity index (χ3v) is 5.32. The van der Waals surface area contributed by atoms with Gasteiger partial charge in [-0.1, -0.05) is 20.8 Å². The zero-order valence-electron chi connectivity index (χ0n) is 16.2. The van der Waals surface area contributed by atoms with Crippen molar-refractivity contribution in [3.05, 3.63) is 53.1 Å². The second-order valence-corrected chi connectivity index (χ2v) is 8.36.